The Morgan fingerprint density at radius 2 is 1.00 bits per heavy atom. The molecule has 100 valence electrons. The van der Waals surface area contributed by atoms with Crippen LogP contribution in [0, 0.1) is 0 Å². The lowest BCUT2D eigenvalue weighted by Crippen LogP contribution is -2.06. The normalized spacial score (nSPS) is 10.1. The van der Waals surface area contributed by atoms with Crippen LogP contribution in [0.2, 0.25) is 0 Å². The van der Waals surface area contributed by atoms with Gasteiger partial charge in [0.1, 0.15) is 0 Å². The van der Waals surface area contributed by atoms with E-state index in [1.165, 1.54) is 77.2 Å². The van der Waals surface area contributed by atoms with Gasteiger partial charge in [-0.15, -0.1) is 0 Å². The molecule has 0 aliphatic rings. The zero-order valence-corrected chi connectivity index (χ0v) is 11.5. The highest BCUT2D eigenvalue weighted by molar-refractivity contribution is 4.48. The molecule has 0 saturated heterocycles. The fourth-order valence-electron chi connectivity index (χ4n) is 1.97. The van der Waals surface area contributed by atoms with Gasteiger partial charge in [-0.05, 0) is 20.0 Å². The Hall–Kier alpha value is -0.0800. The molecule has 16 heavy (non-hydrogen) atoms. The summed E-state index contributed by atoms with van der Waals surface area (Å²) in [6.07, 6.45) is 15.8. The highest BCUT2D eigenvalue weighted by Crippen LogP contribution is 2.10. The maximum Gasteiger partial charge on any atom is -0.00519 e. The standard InChI is InChI=1S/C14H31N.H2O/c1-3-4-5-6-7-8-9-10-11-12-13-14-15-2;/h15H,3-14H2,1-2H3;1H2. The van der Waals surface area contributed by atoms with Crippen molar-refractivity contribution in [3.05, 3.63) is 0 Å². The Morgan fingerprint density at radius 1 is 0.625 bits per heavy atom. The van der Waals surface area contributed by atoms with Gasteiger partial charge in [0, 0.05) is 0 Å². The van der Waals surface area contributed by atoms with Gasteiger partial charge >= 0.3 is 0 Å². The van der Waals surface area contributed by atoms with Gasteiger partial charge in [-0.25, -0.2) is 0 Å². The highest BCUT2D eigenvalue weighted by atomic mass is 16.0. The SMILES string of the molecule is CCCCCCCCCCCCCNC.O. The summed E-state index contributed by atoms with van der Waals surface area (Å²) in [5, 5.41) is 3.20. The average molecular weight is 231 g/mol. The van der Waals surface area contributed by atoms with Gasteiger partial charge in [-0.3, -0.25) is 0 Å². The molecule has 0 aliphatic carbocycles. The molecular weight excluding hydrogens is 198 g/mol. The van der Waals surface area contributed by atoms with Crippen molar-refractivity contribution in [3.63, 3.8) is 0 Å². The summed E-state index contributed by atoms with van der Waals surface area (Å²) in [5.41, 5.74) is 0. The van der Waals surface area contributed by atoms with Crippen LogP contribution < -0.4 is 5.32 Å². The fourth-order valence-corrected chi connectivity index (χ4v) is 1.97. The van der Waals surface area contributed by atoms with Crippen LogP contribution in [0.25, 0.3) is 0 Å². The van der Waals surface area contributed by atoms with E-state index in [0.29, 0.717) is 0 Å². The van der Waals surface area contributed by atoms with Crippen molar-refractivity contribution >= 4 is 0 Å². The monoisotopic (exact) mass is 231 g/mol. The van der Waals surface area contributed by atoms with Crippen LogP contribution in [0.5, 0.6) is 0 Å². The van der Waals surface area contributed by atoms with E-state index in [-0.39, 0.29) is 5.48 Å². The lowest BCUT2D eigenvalue weighted by molar-refractivity contribution is 0.545. The molecule has 0 aliphatic heterocycles. The molecule has 0 aromatic carbocycles. The molecule has 3 N–H and O–H groups in total. The van der Waals surface area contributed by atoms with E-state index >= 15 is 0 Å². The minimum atomic E-state index is 0. The molecule has 0 aromatic rings. The van der Waals surface area contributed by atoms with Gasteiger partial charge in [-0.1, -0.05) is 71.1 Å². The van der Waals surface area contributed by atoms with E-state index in [4.69, 9.17) is 0 Å². The Morgan fingerprint density at radius 3 is 1.38 bits per heavy atom. The molecule has 0 aromatic heterocycles. The summed E-state index contributed by atoms with van der Waals surface area (Å²) in [5.74, 6) is 0. The van der Waals surface area contributed by atoms with Gasteiger partial charge in [0.2, 0.25) is 0 Å². The minimum Gasteiger partial charge on any atom is -0.412 e. The number of rotatable bonds is 12. The molecule has 0 bridgehead atoms. The Bertz CT molecular complexity index is 94.9. The number of hydrogen-bond acceptors (Lipinski definition) is 1. The molecule has 2 nitrogen and oxygen atoms in total. The average Bonchev–Trinajstić information content (AvgIpc) is 2.26. The smallest absolute Gasteiger partial charge is 0.00519 e. The van der Waals surface area contributed by atoms with Crippen LogP contribution in [-0.4, -0.2) is 19.1 Å². The molecule has 0 heterocycles. The van der Waals surface area contributed by atoms with Crippen LogP contribution in [0.1, 0.15) is 77.6 Å². The Kier molecular flexibility index (Phi) is 19.8. The second-order valence-electron chi connectivity index (χ2n) is 4.64. The lowest BCUT2D eigenvalue weighted by Gasteiger charge is -2.02. The van der Waals surface area contributed by atoms with Crippen LogP contribution in [-0.2, 0) is 0 Å². The van der Waals surface area contributed by atoms with Gasteiger partial charge in [-0.2, -0.15) is 0 Å². The van der Waals surface area contributed by atoms with Crippen molar-refractivity contribution < 1.29 is 5.48 Å². The first-order chi connectivity index (χ1) is 7.41. The van der Waals surface area contributed by atoms with Gasteiger partial charge in [0.05, 0.1) is 0 Å². The molecule has 0 spiro atoms. The fraction of sp³-hybridized carbons (Fsp3) is 1.00. The molecular formula is C14H33NO. The summed E-state index contributed by atoms with van der Waals surface area (Å²) < 4.78 is 0. The minimum absolute atomic E-state index is 0. The number of nitrogens with one attached hydrogen (secondary N) is 1. The molecule has 0 atom stereocenters. The molecule has 0 rings (SSSR count). The van der Waals surface area contributed by atoms with Crippen molar-refractivity contribution in [2.45, 2.75) is 77.6 Å². The first-order valence-electron chi connectivity index (χ1n) is 7.06. The van der Waals surface area contributed by atoms with E-state index in [9.17, 15) is 0 Å². The van der Waals surface area contributed by atoms with Gasteiger partial charge < -0.3 is 10.8 Å². The first-order valence-corrected chi connectivity index (χ1v) is 7.06. The lowest BCUT2D eigenvalue weighted by atomic mass is 10.1. The third-order valence-electron chi connectivity index (χ3n) is 3.03. The topological polar surface area (TPSA) is 43.5 Å². The van der Waals surface area contributed by atoms with E-state index in [1.54, 1.807) is 0 Å². The van der Waals surface area contributed by atoms with E-state index in [2.05, 4.69) is 12.2 Å². The quantitative estimate of drug-likeness (QED) is 0.511. The molecule has 0 saturated carbocycles. The molecule has 0 unspecified atom stereocenters. The number of unbranched alkanes of at least 4 members (excludes halogenated alkanes) is 10. The van der Waals surface area contributed by atoms with Crippen molar-refractivity contribution in [2.75, 3.05) is 13.6 Å². The summed E-state index contributed by atoms with van der Waals surface area (Å²) in [7, 11) is 2.04. The third kappa shape index (κ3) is 16.4. The van der Waals surface area contributed by atoms with Crippen LogP contribution in [0.3, 0.4) is 0 Å². The molecule has 2 heteroatoms. The third-order valence-corrected chi connectivity index (χ3v) is 3.03. The highest BCUT2D eigenvalue weighted by Gasteiger charge is 1.92. The zero-order chi connectivity index (χ0) is 11.2. The maximum atomic E-state index is 3.20. The summed E-state index contributed by atoms with van der Waals surface area (Å²) in [4.78, 5) is 0. The molecule has 0 radical (unpaired) electrons. The Balaban J connectivity index is 0. The van der Waals surface area contributed by atoms with E-state index in [0.717, 1.165) is 0 Å². The van der Waals surface area contributed by atoms with Crippen molar-refractivity contribution in [3.8, 4) is 0 Å². The van der Waals surface area contributed by atoms with E-state index < -0.39 is 0 Å². The summed E-state index contributed by atoms with van der Waals surface area (Å²) in [6.45, 7) is 3.47. The van der Waals surface area contributed by atoms with Crippen LogP contribution in [0.15, 0.2) is 0 Å². The zero-order valence-electron chi connectivity index (χ0n) is 11.5. The largest absolute Gasteiger partial charge is 0.412 e. The first kappa shape index (κ1) is 18.3. The van der Waals surface area contributed by atoms with Gasteiger partial charge in [0.15, 0.2) is 0 Å². The summed E-state index contributed by atoms with van der Waals surface area (Å²) >= 11 is 0. The summed E-state index contributed by atoms with van der Waals surface area (Å²) in [6, 6.07) is 0. The van der Waals surface area contributed by atoms with Crippen molar-refractivity contribution in [1.29, 1.82) is 0 Å². The predicted molar refractivity (Wildman–Crippen MR) is 74.0 cm³/mol. The van der Waals surface area contributed by atoms with Crippen LogP contribution >= 0.6 is 0 Å². The van der Waals surface area contributed by atoms with Crippen LogP contribution in [0.4, 0.5) is 0 Å². The second kappa shape index (κ2) is 17.3. The second-order valence-corrected chi connectivity index (χ2v) is 4.64. The van der Waals surface area contributed by atoms with Gasteiger partial charge in [0.25, 0.3) is 0 Å². The predicted octanol–water partition coefficient (Wildman–Crippen LogP) is 3.69. The Labute approximate surface area is 103 Å². The molecule has 0 fully saturated rings. The van der Waals surface area contributed by atoms with Crippen molar-refractivity contribution in [1.82, 2.24) is 5.32 Å². The number of hydrogen-bond donors (Lipinski definition) is 1. The maximum absolute atomic E-state index is 3.20. The molecule has 0 amide bonds. The van der Waals surface area contributed by atoms with Crippen molar-refractivity contribution in [2.24, 2.45) is 0 Å². The van der Waals surface area contributed by atoms with E-state index in [1.807, 2.05) is 7.05 Å².